The lowest BCUT2D eigenvalue weighted by Gasteiger charge is -2.36. The molecule has 0 atom stereocenters. The predicted octanol–water partition coefficient (Wildman–Crippen LogP) is 2.54. The molecule has 3 rings (SSSR count). The van der Waals surface area contributed by atoms with Crippen LogP contribution in [0.3, 0.4) is 0 Å². The maximum absolute atomic E-state index is 12.6. The van der Waals surface area contributed by atoms with E-state index in [0.29, 0.717) is 24.4 Å². The first-order valence-corrected chi connectivity index (χ1v) is 8.67. The number of aromatic nitrogens is 2. The zero-order chi connectivity index (χ0) is 19.6. The van der Waals surface area contributed by atoms with Crippen molar-refractivity contribution in [1.82, 2.24) is 15.1 Å². The molecule has 1 amide bonds. The van der Waals surface area contributed by atoms with Crippen molar-refractivity contribution in [1.29, 1.82) is 0 Å². The Hall–Kier alpha value is -3.23. The molecule has 1 aliphatic carbocycles. The fourth-order valence-corrected chi connectivity index (χ4v) is 3.27. The molecule has 0 saturated heterocycles. The summed E-state index contributed by atoms with van der Waals surface area (Å²) in [6.07, 6.45) is 3.72. The SMILES string of the molecule is CC1CCC(NC(=O)c2ccn(-c3cccc([N+](=O)[O-])c3)n2)(C(=O)O)CC1. The quantitative estimate of drug-likeness (QED) is 0.613. The van der Waals surface area contributed by atoms with Crippen LogP contribution >= 0.6 is 0 Å². The molecule has 2 N–H and O–H groups in total. The van der Waals surface area contributed by atoms with Crippen LogP contribution in [0.1, 0.15) is 43.1 Å². The minimum atomic E-state index is -1.28. The third-order valence-electron chi connectivity index (χ3n) is 5.02. The lowest BCUT2D eigenvalue weighted by atomic mass is 9.77. The smallest absolute Gasteiger partial charge is 0.329 e. The van der Waals surface area contributed by atoms with E-state index in [1.807, 2.05) is 0 Å². The minimum absolute atomic E-state index is 0.0563. The second kappa shape index (κ2) is 7.18. The van der Waals surface area contributed by atoms with Crippen LogP contribution in [0.4, 0.5) is 5.69 Å². The number of amides is 1. The maximum Gasteiger partial charge on any atom is 0.329 e. The number of carbonyl (C=O) groups excluding carboxylic acids is 1. The normalized spacial score (nSPS) is 22.2. The molecule has 9 heteroatoms. The summed E-state index contributed by atoms with van der Waals surface area (Å²) in [7, 11) is 0. The van der Waals surface area contributed by atoms with Crippen molar-refractivity contribution in [2.24, 2.45) is 5.92 Å². The van der Waals surface area contributed by atoms with Crippen LogP contribution in [0, 0.1) is 16.0 Å². The van der Waals surface area contributed by atoms with Crippen LogP contribution in [0.15, 0.2) is 36.5 Å². The molecule has 0 radical (unpaired) electrons. The number of non-ortho nitro benzene ring substituents is 1. The Bertz CT molecular complexity index is 883. The largest absolute Gasteiger partial charge is 0.480 e. The molecule has 9 nitrogen and oxygen atoms in total. The van der Waals surface area contributed by atoms with Crippen molar-refractivity contribution < 1.29 is 19.6 Å². The fourth-order valence-electron chi connectivity index (χ4n) is 3.27. The van der Waals surface area contributed by atoms with E-state index in [2.05, 4.69) is 17.3 Å². The molecule has 1 aromatic heterocycles. The molecule has 1 saturated carbocycles. The van der Waals surface area contributed by atoms with Gasteiger partial charge in [0, 0.05) is 18.3 Å². The zero-order valence-electron chi connectivity index (χ0n) is 14.8. The molecular weight excluding hydrogens is 352 g/mol. The third-order valence-corrected chi connectivity index (χ3v) is 5.02. The number of carbonyl (C=O) groups is 2. The van der Waals surface area contributed by atoms with E-state index in [-0.39, 0.29) is 11.4 Å². The Kier molecular flexibility index (Phi) is 4.93. The number of carboxylic acid groups (broad SMARTS) is 1. The van der Waals surface area contributed by atoms with Crippen molar-refractivity contribution >= 4 is 17.6 Å². The first kappa shape index (κ1) is 18.6. The monoisotopic (exact) mass is 372 g/mol. The summed E-state index contributed by atoms with van der Waals surface area (Å²) in [4.78, 5) is 34.7. The van der Waals surface area contributed by atoms with Gasteiger partial charge in [0.15, 0.2) is 5.69 Å². The highest BCUT2D eigenvalue weighted by Crippen LogP contribution is 2.32. The summed E-state index contributed by atoms with van der Waals surface area (Å²) in [6.45, 7) is 2.06. The van der Waals surface area contributed by atoms with Crippen LogP contribution < -0.4 is 5.32 Å². The summed E-state index contributed by atoms with van der Waals surface area (Å²) in [5, 5.41) is 27.3. The molecule has 2 aromatic rings. The van der Waals surface area contributed by atoms with E-state index in [1.54, 1.807) is 6.07 Å². The highest BCUT2D eigenvalue weighted by atomic mass is 16.6. The van der Waals surface area contributed by atoms with E-state index in [0.717, 1.165) is 12.8 Å². The van der Waals surface area contributed by atoms with Gasteiger partial charge in [-0.05, 0) is 43.7 Å². The number of nitro groups is 1. The summed E-state index contributed by atoms with van der Waals surface area (Å²) < 4.78 is 1.35. The molecule has 0 spiro atoms. The van der Waals surface area contributed by atoms with Crippen LogP contribution in [0.25, 0.3) is 5.69 Å². The summed E-state index contributed by atoms with van der Waals surface area (Å²) in [5.74, 6) is -1.18. The standard InChI is InChI=1S/C18H20N4O5/c1-12-5-8-18(9-6-12,17(24)25)19-16(23)15-7-10-21(20-15)13-3-2-4-14(11-13)22(26)27/h2-4,7,10-12H,5-6,8-9H2,1H3,(H,19,23)(H,24,25). The van der Waals surface area contributed by atoms with E-state index in [1.165, 1.54) is 35.1 Å². The van der Waals surface area contributed by atoms with Crippen molar-refractivity contribution in [3.05, 3.63) is 52.3 Å². The zero-order valence-corrected chi connectivity index (χ0v) is 14.8. The van der Waals surface area contributed by atoms with Gasteiger partial charge in [-0.1, -0.05) is 13.0 Å². The molecule has 1 fully saturated rings. The number of nitro benzene ring substituents is 1. The van der Waals surface area contributed by atoms with Crippen molar-refractivity contribution in [3.63, 3.8) is 0 Å². The van der Waals surface area contributed by atoms with Gasteiger partial charge in [-0.25, -0.2) is 9.48 Å². The Morgan fingerprint density at radius 3 is 2.67 bits per heavy atom. The molecule has 0 bridgehead atoms. The van der Waals surface area contributed by atoms with E-state index in [9.17, 15) is 24.8 Å². The number of nitrogens with one attached hydrogen (secondary N) is 1. The van der Waals surface area contributed by atoms with E-state index < -0.39 is 22.3 Å². The number of aliphatic carboxylic acids is 1. The van der Waals surface area contributed by atoms with Crippen LogP contribution in [0.2, 0.25) is 0 Å². The van der Waals surface area contributed by atoms with Crippen LogP contribution in [-0.2, 0) is 4.79 Å². The van der Waals surface area contributed by atoms with Gasteiger partial charge in [0.1, 0.15) is 5.54 Å². The average molecular weight is 372 g/mol. The maximum atomic E-state index is 12.6. The van der Waals surface area contributed by atoms with Gasteiger partial charge in [-0.15, -0.1) is 0 Å². The van der Waals surface area contributed by atoms with Crippen LogP contribution in [0.5, 0.6) is 0 Å². The Morgan fingerprint density at radius 2 is 2.04 bits per heavy atom. The number of benzene rings is 1. The Balaban J connectivity index is 1.79. The average Bonchev–Trinajstić information content (AvgIpc) is 3.14. The second-order valence-corrected chi connectivity index (χ2v) is 6.95. The molecule has 1 aromatic carbocycles. The van der Waals surface area contributed by atoms with Gasteiger partial charge < -0.3 is 10.4 Å². The molecule has 142 valence electrons. The van der Waals surface area contributed by atoms with Crippen LogP contribution in [-0.4, -0.2) is 37.2 Å². The van der Waals surface area contributed by atoms with Gasteiger partial charge in [-0.3, -0.25) is 14.9 Å². The van der Waals surface area contributed by atoms with Gasteiger partial charge in [0.05, 0.1) is 10.6 Å². The molecule has 0 aliphatic heterocycles. The predicted molar refractivity (Wildman–Crippen MR) is 95.7 cm³/mol. The van der Waals surface area contributed by atoms with Gasteiger partial charge >= 0.3 is 5.97 Å². The van der Waals surface area contributed by atoms with Gasteiger partial charge in [0.2, 0.25) is 0 Å². The van der Waals surface area contributed by atoms with Gasteiger partial charge in [0.25, 0.3) is 11.6 Å². The number of carboxylic acids is 1. The lowest BCUT2D eigenvalue weighted by molar-refractivity contribution is -0.384. The Morgan fingerprint density at radius 1 is 1.33 bits per heavy atom. The number of hydrogen-bond donors (Lipinski definition) is 2. The topological polar surface area (TPSA) is 127 Å². The lowest BCUT2D eigenvalue weighted by Crippen LogP contribution is -2.56. The molecule has 27 heavy (non-hydrogen) atoms. The van der Waals surface area contributed by atoms with E-state index in [4.69, 9.17) is 0 Å². The summed E-state index contributed by atoms with van der Waals surface area (Å²) in [6, 6.07) is 7.31. The fraction of sp³-hybridized carbons (Fsp3) is 0.389. The Labute approximate surface area is 155 Å². The molecular formula is C18H20N4O5. The first-order chi connectivity index (χ1) is 12.8. The first-order valence-electron chi connectivity index (χ1n) is 8.67. The highest BCUT2D eigenvalue weighted by molar-refractivity contribution is 5.96. The van der Waals surface area contributed by atoms with Crippen molar-refractivity contribution in [2.45, 2.75) is 38.1 Å². The second-order valence-electron chi connectivity index (χ2n) is 6.95. The van der Waals surface area contributed by atoms with Crippen molar-refractivity contribution in [2.75, 3.05) is 0 Å². The molecule has 1 aliphatic rings. The number of hydrogen-bond acceptors (Lipinski definition) is 5. The number of nitrogens with zero attached hydrogens (tertiary/aromatic N) is 3. The minimum Gasteiger partial charge on any atom is -0.480 e. The summed E-state index contributed by atoms with van der Waals surface area (Å²) in [5.41, 5.74) is -0.877. The van der Waals surface area contributed by atoms with Crippen molar-refractivity contribution in [3.8, 4) is 5.69 Å². The third kappa shape index (κ3) is 3.81. The highest BCUT2D eigenvalue weighted by Gasteiger charge is 2.42. The van der Waals surface area contributed by atoms with E-state index >= 15 is 0 Å². The number of rotatable bonds is 5. The molecule has 1 heterocycles. The summed E-state index contributed by atoms with van der Waals surface area (Å²) >= 11 is 0. The molecule has 0 unspecified atom stereocenters. The van der Waals surface area contributed by atoms with Gasteiger partial charge in [-0.2, -0.15) is 5.10 Å².